The van der Waals surface area contributed by atoms with E-state index in [1.807, 2.05) is 31.2 Å². The van der Waals surface area contributed by atoms with Gasteiger partial charge >= 0.3 is 0 Å². The van der Waals surface area contributed by atoms with Crippen molar-refractivity contribution in [2.45, 2.75) is 29.4 Å². The third-order valence-corrected chi connectivity index (χ3v) is 8.33. The van der Waals surface area contributed by atoms with Gasteiger partial charge < -0.3 is 19.5 Å². The van der Waals surface area contributed by atoms with Crippen LogP contribution in [0.2, 0.25) is 0 Å². The molecule has 216 valence electrons. The van der Waals surface area contributed by atoms with Gasteiger partial charge in [0.1, 0.15) is 17.2 Å². The highest BCUT2D eigenvalue weighted by Gasteiger charge is 2.21. The maximum Gasteiger partial charge on any atom is 0.236 e. The molecule has 0 aliphatic carbocycles. The Kier molecular flexibility index (Phi) is 10.8. The van der Waals surface area contributed by atoms with Crippen molar-refractivity contribution in [3.8, 4) is 22.9 Å². The van der Waals surface area contributed by atoms with E-state index in [2.05, 4.69) is 31.0 Å². The summed E-state index contributed by atoms with van der Waals surface area (Å²) in [6.07, 6.45) is 0.187. The lowest BCUT2D eigenvalue weighted by molar-refractivity contribution is -0.120. The number of carbonyl (C=O) groups is 2. The van der Waals surface area contributed by atoms with Gasteiger partial charge in [-0.1, -0.05) is 53.9 Å². The van der Waals surface area contributed by atoms with E-state index in [0.29, 0.717) is 33.3 Å². The van der Waals surface area contributed by atoms with Crippen LogP contribution >= 0.6 is 34.9 Å². The van der Waals surface area contributed by atoms with Crippen molar-refractivity contribution >= 4 is 51.8 Å². The highest BCUT2D eigenvalue weighted by atomic mass is 32.2. The number of carbonyl (C=O) groups excluding carboxylic acids is 2. The summed E-state index contributed by atoms with van der Waals surface area (Å²) in [6.45, 7) is 2.12. The molecule has 0 saturated heterocycles. The predicted octanol–water partition coefficient (Wildman–Crippen LogP) is 3.85. The lowest BCUT2D eigenvalue weighted by Crippen LogP contribution is -2.26. The molecule has 2 amide bonds. The first kappa shape index (κ1) is 30.1. The second-order valence-electron chi connectivity index (χ2n) is 8.22. The van der Waals surface area contributed by atoms with Crippen LogP contribution in [0.25, 0.3) is 5.69 Å². The lowest BCUT2D eigenvalue weighted by atomic mass is 10.1. The fraction of sp³-hybridized carbons (Fsp3) is 0.308. The van der Waals surface area contributed by atoms with Crippen LogP contribution in [0, 0.1) is 0 Å². The van der Waals surface area contributed by atoms with Gasteiger partial charge in [-0.05, 0) is 35.6 Å². The molecule has 0 saturated carbocycles. The molecule has 4 aromatic rings. The number of hydrogen-bond donors (Lipinski definition) is 2. The smallest absolute Gasteiger partial charge is 0.236 e. The molecule has 2 aromatic heterocycles. The van der Waals surface area contributed by atoms with E-state index >= 15 is 0 Å². The first-order valence-corrected chi connectivity index (χ1v) is 15.2. The molecule has 0 atom stereocenters. The molecule has 4 rings (SSSR count). The van der Waals surface area contributed by atoms with E-state index in [0.717, 1.165) is 21.4 Å². The Hall–Kier alpha value is -3.82. The minimum absolute atomic E-state index is 0.0457. The van der Waals surface area contributed by atoms with Crippen LogP contribution in [-0.4, -0.2) is 69.6 Å². The Morgan fingerprint density at radius 1 is 0.902 bits per heavy atom. The number of thioether (sulfide) groups is 2. The highest BCUT2D eigenvalue weighted by Crippen LogP contribution is 2.32. The second-order valence-corrected chi connectivity index (χ2v) is 11.6. The fourth-order valence-electron chi connectivity index (χ4n) is 3.62. The number of amides is 2. The van der Waals surface area contributed by atoms with Crippen LogP contribution in [0.5, 0.6) is 17.2 Å². The predicted molar refractivity (Wildman–Crippen MR) is 159 cm³/mol. The van der Waals surface area contributed by atoms with Gasteiger partial charge in [0.2, 0.25) is 16.9 Å². The first-order valence-electron chi connectivity index (χ1n) is 12.4. The van der Waals surface area contributed by atoms with Crippen molar-refractivity contribution in [2.24, 2.45) is 0 Å². The van der Waals surface area contributed by atoms with Gasteiger partial charge in [-0.2, -0.15) is 0 Å². The Bertz CT molecular complexity index is 1480. The number of methoxy groups -OCH3 is 3. The molecule has 41 heavy (non-hydrogen) atoms. The summed E-state index contributed by atoms with van der Waals surface area (Å²) in [5, 5.41) is 23.3. The van der Waals surface area contributed by atoms with Gasteiger partial charge in [0, 0.05) is 6.07 Å². The van der Waals surface area contributed by atoms with Crippen LogP contribution in [-0.2, 0) is 22.6 Å². The monoisotopic (exact) mass is 615 g/mol. The van der Waals surface area contributed by atoms with Crippen molar-refractivity contribution < 1.29 is 23.8 Å². The molecular weight excluding hydrogens is 587 g/mol. The van der Waals surface area contributed by atoms with Gasteiger partial charge in [0.25, 0.3) is 0 Å². The van der Waals surface area contributed by atoms with Gasteiger partial charge in [-0.15, -0.1) is 20.4 Å². The Morgan fingerprint density at radius 3 is 2.37 bits per heavy atom. The van der Waals surface area contributed by atoms with Crippen LogP contribution in [0.1, 0.15) is 18.3 Å². The summed E-state index contributed by atoms with van der Waals surface area (Å²) >= 11 is 4.07. The SMILES string of the molecule is CCSc1nnc(NC(=O)CSc2nnc(CNC(=O)Cc3ccc(OC)cc3)n2-c2cc(OC)ccc2OC)s1. The van der Waals surface area contributed by atoms with E-state index in [1.165, 1.54) is 23.1 Å². The normalized spacial score (nSPS) is 10.7. The van der Waals surface area contributed by atoms with Crippen LogP contribution in [0.15, 0.2) is 52.0 Å². The van der Waals surface area contributed by atoms with E-state index in [-0.39, 0.29) is 30.5 Å². The molecule has 15 heteroatoms. The standard InChI is InChI=1S/C26H29N7O5S3/c1-5-39-26-32-30-24(41-26)28-23(35)15-40-25-31-29-21(33(25)19-13-18(37-3)10-11-20(19)38-4)14-27-22(34)12-16-6-8-17(36-2)9-7-16/h6-11,13H,5,12,14-15H2,1-4H3,(H,27,34)(H,28,30,35). The molecule has 2 aromatic carbocycles. The van der Waals surface area contributed by atoms with Crippen molar-refractivity contribution in [2.75, 3.05) is 38.2 Å². The highest BCUT2D eigenvalue weighted by molar-refractivity contribution is 8.01. The Balaban J connectivity index is 1.51. The van der Waals surface area contributed by atoms with Crippen LogP contribution in [0.3, 0.4) is 0 Å². The van der Waals surface area contributed by atoms with Gasteiger partial charge in [-0.25, -0.2) is 0 Å². The number of nitrogens with zero attached hydrogens (tertiary/aromatic N) is 5. The summed E-state index contributed by atoms with van der Waals surface area (Å²) < 4.78 is 18.7. The Labute approximate surface area is 249 Å². The van der Waals surface area contributed by atoms with Gasteiger partial charge in [-0.3, -0.25) is 19.5 Å². The number of hydrogen-bond acceptors (Lipinski definition) is 12. The average molecular weight is 616 g/mol. The quantitative estimate of drug-likeness (QED) is 0.158. The number of anilines is 1. The van der Waals surface area contributed by atoms with Gasteiger partial charge in [0.05, 0.1) is 45.7 Å². The molecule has 2 N–H and O–H groups in total. The fourth-order valence-corrected chi connectivity index (χ4v) is 6.05. The number of aromatic nitrogens is 5. The summed E-state index contributed by atoms with van der Waals surface area (Å²) in [7, 11) is 4.71. The topological polar surface area (TPSA) is 142 Å². The molecule has 0 bridgehead atoms. The minimum atomic E-state index is -0.263. The first-order chi connectivity index (χ1) is 19.9. The van der Waals surface area contributed by atoms with E-state index in [9.17, 15) is 9.59 Å². The zero-order chi connectivity index (χ0) is 29.2. The number of nitrogens with one attached hydrogen (secondary N) is 2. The average Bonchev–Trinajstić information content (AvgIpc) is 3.61. The molecule has 0 unspecified atom stereocenters. The van der Waals surface area contributed by atoms with E-state index in [1.54, 1.807) is 55.9 Å². The van der Waals surface area contributed by atoms with Crippen molar-refractivity contribution in [1.82, 2.24) is 30.3 Å². The van der Waals surface area contributed by atoms with Crippen molar-refractivity contribution in [3.63, 3.8) is 0 Å². The largest absolute Gasteiger partial charge is 0.497 e. The summed E-state index contributed by atoms with van der Waals surface area (Å²) in [5.74, 6) is 2.77. The second kappa shape index (κ2) is 14.7. The number of benzene rings is 2. The van der Waals surface area contributed by atoms with Crippen molar-refractivity contribution in [3.05, 3.63) is 53.9 Å². The molecule has 2 heterocycles. The van der Waals surface area contributed by atoms with Crippen LogP contribution < -0.4 is 24.8 Å². The Morgan fingerprint density at radius 2 is 1.66 bits per heavy atom. The molecule has 0 fully saturated rings. The number of rotatable bonds is 14. The lowest BCUT2D eigenvalue weighted by Gasteiger charge is -2.15. The molecule has 0 aliphatic heterocycles. The molecule has 0 spiro atoms. The molecule has 0 radical (unpaired) electrons. The van der Waals surface area contributed by atoms with Crippen molar-refractivity contribution in [1.29, 1.82) is 0 Å². The number of ether oxygens (including phenoxy) is 3. The summed E-state index contributed by atoms with van der Waals surface area (Å²) in [5.41, 5.74) is 1.45. The van der Waals surface area contributed by atoms with Gasteiger partial charge in [0.15, 0.2) is 15.3 Å². The summed E-state index contributed by atoms with van der Waals surface area (Å²) in [4.78, 5) is 25.4. The molecule has 12 nitrogen and oxygen atoms in total. The van der Waals surface area contributed by atoms with E-state index < -0.39 is 0 Å². The zero-order valence-corrected chi connectivity index (χ0v) is 25.3. The zero-order valence-electron chi connectivity index (χ0n) is 22.9. The summed E-state index contributed by atoms with van der Waals surface area (Å²) in [6, 6.07) is 12.6. The van der Waals surface area contributed by atoms with Crippen LogP contribution in [0.4, 0.5) is 5.13 Å². The third kappa shape index (κ3) is 8.11. The third-order valence-electron chi connectivity index (χ3n) is 5.55. The molecule has 0 aliphatic rings. The van der Waals surface area contributed by atoms with E-state index in [4.69, 9.17) is 14.2 Å². The maximum atomic E-state index is 12.7. The minimum Gasteiger partial charge on any atom is -0.497 e. The molecular formula is C26H29N7O5S3. The maximum absolute atomic E-state index is 12.7.